The lowest BCUT2D eigenvalue weighted by molar-refractivity contribution is -0.384. The van der Waals surface area contributed by atoms with Crippen LogP contribution in [0.25, 0.3) is 0 Å². The molecular weight excluding hydrogens is 210 g/mol. The smallest absolute Gasteiger partial charge is 0.311 e. The van der Waals surface area contributed by atoms with E-state index in [9.17, 15) is 10.1 Å². The van der Waals surface area contributed by atoms with E-state index < -0.39 is 4.92 Å². The summed E-state index contributed by atoms with van der Waals surface area (Å²) in [7, 11) is 0. The Labute approximate surface area is 93.0 Å². The van der Waals surface area contributed by atoms with Crippen LogP contribution in [0.2, 0.25) is 0 Å². The van der Waals surface area contributed by atoms with E-state index in [0.29, 0.717) is 25.5 Å². The Morgan fingerprint density at radius 2 is 2.44 bits per heavy atom. The molecule has 0 saturated carbocycles. The lowest BCUT2D eigenvalue weighted by Gasteiger charge is -2.39. The van der Waals surface area contributed by atoms with E-state index >= 15 is 0 Å². The van der Waals surface area contributed by atoms with Crippen molar-refractivity contribution in [3.05, 3.63) is 28.4 Å². The highest BCUT2D eigenvalue weighted by atomic mass is 16.6. The van der Waals surface area contributed by atoms with Gasteiger partial charge in [-0.3, -0.25) is 10.1 Å². The molecule has 6 nitrogen and oxygen atoms in total. The lowest BCUT2D eigenvalue weighted by Crippen LogP contribution is -2.52. The molecular formula is C10H13N3O3. The Morgan fingerprint density at radius 1 is 1.69 bits per heavy atom. The Morgan fingerprint density at radius 3 is 3.06 bits per heavy atom. The number of nitro groups is 1. The number of pyridine rings is 1. The Balaban J connectivity index is 2.08. The minimum atomic E-state index is -0.406. The molecule has 6 heteroatoms. The maximum atomic E-state index is 10.8. The zero-order valence-corrected chi connectivity index (χ0v) is 9.00. The summed E-state index contributed by atoms with van der Waals surface area (Å²) in [5.74, 6) is 0.434. The summed E-state index contributed by atoms with van der Waals surface area (Å²) in [6.45, 7) is 3.95. The molecule has 0 spiro atoms. The van der Waals surface area contributed by atoms with Crippen molar-refractivity contribution in [1.82, 2.24) is 4.98 Å². The Kier molecular flexibility index (Phi) is 3.00. The summed E-state index contributed by atoms with van der Waals surface area (Å²) < 4.78 is 5.39. The zero-order chi connectivity index (χ0) is 11.5. The molecule has 0 bridgehead atoms. The molecule has 16 heavy (non-hydrogen) atoms. The second-order valence-electron chi connectivity index (χ2n) is 3.59. The number of hydrogen-bond donors (Lipinski definition) is 0. The molecule has 2 rings (SSSR count). The van der Waals surface area contributed by atoms with Gasteiger partial charge >= 0.3 is 5.69 Å². The first-order chi connectivity index (χ1) is 7.72. The van der Waals surface area contributed by atoms with Crippen LogP contribution in [0.1, 0.15) is 6.92 Å². The van der Waals surface area contributed by atoms with Gasteiger partial charge in [0.1, 0.15) is 0 Å². The fourth-order valence-corrected chi connectivity index (χ4v) is 1.73. The number of anilines is 1. The summed E-state index contributed by atoms with van der Waals surface area (Å²) in [5, 5.41) is 10.8. The molecule has 0 radical (unpaired) electrons. The van der Waals surface area contributed by atoms with Gasteiger partial charge in [0.2, 0.25) is 5.82 Å². The monoisotopic (exact) mass is 223 g/mol. The van der Waals surface area contributed by atoms with Gasteiger partial charge in [-0.15, -0.1) is 0 Å². The molecule has 0 aliphatic carbocycles. The van der Waals surface area contributed by atoms with Crippen molar-refractivity contribution in [2.75, 3.05) is 24.6 Å². The van der Waals surface area contributed by atoms with E-state index in [1.165, 1.54) is 6.07 Å². The molecule has 1 aromatic heterocycles. The highest BCUT2D eigenvalue weighted by Gasteiger charge is 2.32. The standard InChI is InChI=1S/C10H13N3O3/c1-2-16-8-6-12(7-8)10-9(13(14)15)4-3-5-11-10/h3-5,8H,2,6-7H2,1H3. The second-order valence-corrected chi connectivity index (χ2v) is 3.59. The molecule has 1 fully saturated rings. The van der Waals surface area contributed by atoms with Gasteiger partial charge in [-0.25, -0.2) is 4.98 Å². The van der Waals surface area contributed by atoms with E-state index in [4.69, 9.17) is 4.74 Å². The molecule has 2 heterocycles. The maximum absolute atomic E-state index is 10.8. The van der Waals surface area contributed by atoms with Crippen molar-refractivity contribution in [2.24, 2.45) is 0 Å². The number of hydrogen-bond acceptors (Lipinski definition) is 5. The van der Waals surface area contributed by atoms with Crippen molar-refractivity contribution >= 4 is 11.5 Å². The van der Waals surface area contributed by atoms with Crippen molar-refractivity contribution in [1.29, 1.82) is 0 Å². The predicted molar refractivity (Wildman–Crippen MR) is 58.5 cm³/mol. The first-order valence-corrected chi connectivity index (χ1v) is 5.18. The number of nitrogens with zero attached hydrogens (tertiary/aromatic N) is 3. The van der Waals surface area contributed by atoms with Crippen LogP contribution in [0.4, 0.5) is 11.5 Å². The molecule has 1 aliphatic heterocycles. The van der Waals surface area contributed by atoms with E-state index in [0.717, 1.165) is 0 Å². The average Bonchev–Trinajstić information content (AvgIpc) is 2.23. The molecule has 0 aromatic carbocycles. The highest BCUT2D eigenvalue weighted by Crippen LogP contribution is 2.29. The third-order valence-electron chi connectivity index (χ3n) is 2.51. The van der Waals surface area contributed by atoms with E-state index in [-0.39, 0.29) is 11.8 Å². The summed E-state index contributed by atoms with van der Waals surface area (Å²) in [6, 6.07) is 3.04. The molecule has 0 atom stereocenters. The predicted octanol–water partition coefficient (Wildman–Crippen LogP) is 1.21. The number of ether oxygens (including phenoxy) is 1. The summed E-state index contributed by atoms with van der Waals surface area (Å²) >= 11 is 0. The molecule has 86 valence electrons. The van der Waals surface area contributed by atoms with Crippen molar-refractivity contribution in [3.8, 4) is 0 Å². The first-order valence-electron chi connectivity index (χ1n) is 5.18. The minimum absolute atomic E-state index is 0.0532. The fourth-order valence-electron chi connectivity index (χ4n) is 1.73. The molecule has 1 aromatic rings. The van der Waals surface area contributed by atoms with Crippen LogP contribution in [0.15, 0.2) is 18.3 Å². The van der Waals surface area contributed by atoms with Crippen molar-refractivity contribution < 1.29 is 9.66 Å². The first kappa shape index (κ1) is 10.8. The van der Waals surface area contributed by atoms with Gasteiger partial charge in [-0.2, -0.15) is 0 Å². The van der Waals surface area contributed by atoms with Crippen LogP contribution in [0.3, 0.4) is 0 Å². The van der Waals surface area contributed by atoms with Crippen LogP contribution in [-0.2, 0) is 4.74 Å². The van der Waals surface area contributed by atoms with E-state index in [2.05, 4.69) is 4.98 Å². The molecule has 1 saturated heterocycles. The lowest BCUT2D eigenvalue weighted by atomic mass is 10.1. The average molecular weight is 223 g/mol. The maximum Gasteiger partial charge on any atom is 0.311 e. The summed E-state index contributed by atoms with van der Waals surface area (Å²) in [6.07, 6.45) is 1.74. The second kappa shape index (κ2) is 4.44. The van der Waals surface area contributed by atoms with Crippen molar-refractivity contribution in [3.63, 3.8) is 0 Å². The molecule has 1 aliphatic rings. The van der Waals surface area contributed by atoms with Crippen LogP contribution >= 0.6 is 0 Å². The van der Waals surface area contributed by atoms with Gasteiger partial charge in [-0.1, -0.05) is 0 Å². The highest BCUT2D eigenvalue weighted by molar-refractivity contribution is 5.58. The topological polar surface area (TPSA) is 68.5 Å². The van der Waals surface area contributed by atoms with Crippen molar-refractivity contribution in [2.45, 2.75) is 13.0 Å². The fraction of sp³-hybridized carbons (Fsp3) is 0.500. The van der Waals surface area contributed by atoms with Crippen LogP contribution in [0.5, 0.6) is 0 Å². The van der Waals surface area contributed by atoms with Gasteiger partial charge in [0.15, 0.2) is 0 Å². The zero-order valence-electron chi connectivity index (χ0n) is 9.00. The third kappa shape index (κ3) is 1.96. The van der Waals surface area contributed by atoms with Gasteiger partial charge in [-0.05, 0) is 13.0 Å². The van der Waals surface area contributed by atoms with Crippen LogP contribution in [-0.4, -0.2) is 35.7 Å². The molecule has 0 unspecified atom stereocenters. The van der Waals surface area contributed by atoms with E-state index in [1.807, 2.05) is 11.8 Å². The largest absolute Gasteiger partial charge is 0.375 e. The number of rotatable bonds is 4. The SMILES string of the molecule is CCOC1CN(c2ncccc2[N+](=O)[O-])C1. The summed E-state index contributed by atoms with van der Waals surface area (Å²) in [5.41, 5.74) is 0.0532. The van der Waals surface area contributed by atoms with Gasteiger partial charge in [0.05, 0.1) is 11.0 Å². The normalized spacial score (nSPS) is 15.9. The molecule has 0 N–H and O–H groups in total. The quantitative estimate of drug-likeness (QED) is 0.567. The minimum Gasteiger partial charge on any atom is -0.375 e. The van der Waals surface area contributed by atoms with Gasteiger partial charge in [0.25, 0.3) is 0 Å². The summed E-state index contributed by atoms with van der Waals surface area (Å²) in [4.78, 5) is 16.3. The molecule has 0 amide bonds. The third-order valence-corrected chi connectivity index (χ3v) is 2.51. The van der Waals surface area contributed by atoms with Crippen LogP contribution < -0.4 is 4.90 Å². The van der Waals surface area contributed by atoms with Crippen LogP contribution in [0, 0.1) is 10.1 Å². The Bertz CT molecular complexity index is 391. The number of aromatic nitrogens is 1. The van der Waals surface area contributed by atoms with Gasteiger partial charge in [0, 0.05) is 32.0 Å². The van der Waals surface area contributed by atoms with Gasteiger partial charge < -0.3 is 9.64 Å². The van der Waals surface area contributed by atoms with E-state index in [1.54, 1.807) is 12.3 Å². The Hall–Kier alpha value is -1.69.